The fraction of sp³-hybridized carbons (Fsp3) is 0.242. The molecule has 0 spiro atoms. The maximum atomic E-state index is 13.9. The van der Waals surface area contributed by atoms with Gasteiger partial charge in [0, 0.05) is 10.6 Å². The summed E-state index contributed by atoms with van der Waals surface area (Å²) in [7, 11) is 1.56. The summed E-state index contributed by atoms with van der Waals surface area (Å²) in [5.41, 5.74) is 2.91. The molecule has 3 aromatic carbocycles. The number of aromatic nitrogens is 1. The predicted octanol–water partition coefficient (Wildman–Crippen LogP) is 5.44. The molecule has 1 aliphatic rings. The van der Waals surface area contributed by atoms with E-state index in [2.05, 4.69) is 4.99 Å². The van der Waals surface area contributed by atoms with Crippen LogP contribution in [0.5, 0.6) is 17.2 Å². The zero-order valence-corrected chi connectivity index (χ0v) is 25.8. The molecule has 8 nitrogen and oxygen atoms in total. The molecule has 222 valence electrons. The van der Waals surface area contributed by atoms with Crippen molar-refractivity contribution in [2.45, 2.75) is 33.4 Å². The van der Waals surface area contributed by atoms with Gasteiger partial charge in [-0.1, -0.05) is 59.3 Å². The van der Waals surface area contributed by atoms with Crippen LogP contribution in [0.2, 0.25) is 5.02 Å². The summed E-state index contributed by atoms with van der Waals surface area (Å²) in [5, 5.41) is 0.623. The third-order valence-electron chi connectivity index (χ3n) is 6.85. The van der Waals surface area contributed by atoms with Gasteiger partial charge >= 0.3 is 5.97 Å². The second kappa shape index (κ2) is 13.3. The highest BCUT2D eigenvalue weighted by Gasteiger charge is 2.33. The average Bonchev–Trinajstić information content (AvgIpc) is 3.30. The molecular weight excluding hydrogens is 588 g/mol. The number of methoxy groups -OCH3 is 1. The standard InChI is InChI=1S/C33H31ClN2O6S/c1-5-40-24-14-12-22(13-15-24)30-29(32(38)41-6-2)20(3)35-33-36(30)31(37)28(43-33)18-21-11-16-26(27(17-21)39-4)42-19-23-9-7-8-10-25(23)34/h7-18,30H,5-6,19H2,1-4H3/b28-18+. The Morgan fingerprint density at radius 3 is 2.49 bits per heavy atom. The van der Waals surface area contributed by atoms with Gasteiger partial charge in [-0.05, 0) is 68.3 Å². The van der Waals surface area contributed by atoms with Crippen LogP contribution in [0.25, 0.3) is 6.08 Å². The van der Waals surface area contributed by atoms with E-state index in [4.69, 9.17) is 30.5 Å². The van der Waals surface area contributed by atoms with Gasteiger partial charge in [-0.15, -0.1) is 0 Å². The Hall–Kier alpha value is -4.34. The topological polar surface area (TPSA) is 88.4 Å². The van der Waals surface area contributed by atoms with Crippen molar-refractivity contribution in [2.75, 3.05) is 20.3 Å². The molecule has 1 atom stereocenters. The number of halogens is 1. The number of nitrogens with zero attached hydrogens (tertiary/aromatic N) is 2. The molecular formula is C33H31ClN2O6S. The van der Waals surface area contributed by atoms with Gasteiger partial charge in [0.05, 0.1) is 42.2 Å². The van der Waals surface area contributed by atoms with E-state index >= 15 is 0 Å². The van der Waals surface area contributed by atoms with Crippen molar-refractivity contribution < 1.29 is 23.7 Å². The SMILES string of the molecule is CCOC(=O)C1=C(C)N=c2s/c(=C/c3ccc(OCc4ccccc4Cl)c(OC)c3)c(=O)n2C1c1ccc(OCC)cc1. The molecule has 0 saturated heterocycles. The first-order valence-electron chi connectivity index (χ1n) is 13.8. The monoisotopic (exact) mass is 618 g/mol. The van der Waals surface area contributed by atoms with Crippen molar-refractivity contribution in [1.29, 1.82) is 0 Å². The lowest BCUT2D eigenvalue weighted by atomic mass is 9.96. The number of ether oxygens (including phenoxy) is 4. The summed E-state index contributed by atoms with van der Waals surface area (Å²) in [4.78, 5) is 32.2. The molecule has 4 aromatic rings. The summed E-state index contributed by atoms with van der Waals surface area (Å²) < 4.78 is 24.6. The van der Waals surface area contributed by atoms with E-state index in [0.717, 1.165) is 16.7 Å². The first-order chi connectivity index (χ1) is 20.8. The number of hydrogen-bond acceptors (Lipinski definition) is 8. The lowest BCUT2D eigenvalue weighted by molar-refractivity contribution is -0.139. The number of thiazole rings is 1. The maximum Gasteiger partial charge on any atom is 0.338 e. The highest BCUT2D eigenvalue weighted by Crippen LogP contribution is 2.32. The van der Waals surface area contributed by atoms with Crippen LogP contribution in [0, 0.1) is 0 Å². The van der Waals surface area contributed by atoms with Crippen molar-refractivity contribution in [3.05, 3.63) is 119 Å². The summed E-state index contributed by atoms with van der Waals surface area (Å²) in [6, 6.07) is 19.6. The van der Waals surface area contributed by atoms with Crippen LogP contribution in [-0.4, -0.2) is 30.9 Å². The van der Waals surface area contributed by atoms with Crippen LogP contribution >= 0.6 is 22.9 Å². The summed E-state index contributed by atoms with van der Waals surface area (Å²) >= 11 is 7.52. The molecule has 10 heteroatoms. The molecule has 2 heterocycles. The Bertz CT molecular complexity index is 1860. The normalized spacial score (nSPS) is 14.6. The van der Waals surface area contributed by atoms with Gasteiger partial charge in [-0.3, -0.25) is 9.36 Å². The van der Waals surface area contributed by atoms with E-state index in [0.29, 0.717) is 49.5 Å². The van der Waals surface area contributed by atoms with Crippen LogP contribution in [0.3, 0.4) is 0 Å². The molecule has 1 aromatic heterocycles. The van der Waals surface area contributed by atoms with Crippen LogP contribution in [0.1, 0.15) is 43.5 Å². The largest absolute Gasteiger partial charge is 0.494 e. The Morgan fingerprint density at radius 1 is 1.02 bits per heavy atom. The Kier molecular flexibility index (Phi) is 9.33. The van der Waals surface area contributed by atoms with E-state index in [1.54, 1.807) is 43.7 Å². The number of fused-ring (bicyclic) bond motifs is 1. The fourth-order valence-electron chi connectivity index (χ4n) is 4.84. The van der Waals surface area contributed by atoms with Gasteiger partial charge in [-0.25, -0.2) is 9.79 Å². The number of carbonyl (C=O) groups excluding carboxylic acids is 1. The minimum atomic E-state index is -0.705. The van der Waals surface area contributed by atoms with Crippen molar-refractivity contribution in [1.82, 2.24) is 4.57 Å². The highest BCUT2D eigenvalue weighted by molar-refractivity contribution is 7.07. The molecule has 43 heavy (non-hydrogen) atoms. The maximum absolute atomic E-state index is 13.9. The molecule has 0 saturated carbocycles. The molecule has 0 N–H and O–H groups in total. The highest BCUT2D eigenvalue weighted by atomic mass is 35.5. The zero-order valence-electron chi connectivity index (χ0n) is 24.3. The Balaban J connectivity index is 1.54. The number of carbonyl (C=O) groups is 1. The van der Waals surface area contributed by atoms with E-state index in [-0.39, 0.29) is 18.8 Å². The van der Waals surface area contributed by atoms with Crippen LogP contribution < -0.4 is 29.1 Å². The zero-order chi connectivity index (χ0) is 30.5. The molecule has 0 aliphatic carbocycles. The molecule has 1 aliphatic heterocycles. The molecule has 1 unspecified atom stereocenters. The van der Waals surface area contributed by atoms with Crippen molar-refractivity contribution in [3.8, 4) is 17.2 Å². The lowest BCUT2D eigenvalue weighted by Crippen LogP contribution is -2.39. The van der Waals surface area contributed by atoms with Crippen LogP contribution in [-0.2, 0) is 16.1 Å². The minimum Gasteiger partial charge on any atom is -0.494 e. The van der Waals surface area contributed by atoms with Crippen molar-refractivity contribution in [2.24, 2.45) is 4.99 Å². The minimum absolute atomic E-state index is 0.204. The third kappa shape index (κ3) is 6.38. The predicted molar refractivity (Wildman–Crippen MR) is 167 cm³/mol. The first-order valence-corrected chi connectivity index (χ1v) is 15.0. The van der Waals surface area contributed by atoms with E-state index < -0.39 is 12.0 Å². The molecule has 0 amide bonds. The molecule has 0 bridgehead atoms. The fourth-order valence-corrected chi connectivity index (χ4v) is 6.07. The Labute approximate surface area is 258 Å². The second-order valence-electron chi connectivity index (χ2n) is 9.59. The van der Waals surface area contributed by atoms with Crippen molar-refractivity contribution in [3.63, 3.8) is 0 Å². The van der Waals surface area contributed by atoms with Gasteiger partial charge in [-0.2, -0.15) is 0 Å². The summed E-state index contributed by atoms with van der Waals surface area (Å²) in [5.74, 6) is 1.26. The van der Waals surface area contributed by atoms with Gasteiger partial charge in [0.2, 0.25) is 0 Å². The number of rotatable bonds is 10. The number of hydrogen-bond donors (Lipinski definition) is 0. The third-order valence-corrected chi connectivity index (χ3v) is 8.20. The molecule has 0 fully saturated rings. The van der Waals surface area contributed by atoms with Gasteiger partial charge < -0.3 is 18.9 Å². The van der Waals surface area contributed by atoms with Gasteiger partial charge in [0.1, 0.15) is 12.4 Å². The van der Waals surface area contributed by atoms with Crippen molar-refractivity contribution >= 4 is 35.0 Å². The Morgan fingerprint density at radius 2 is 1.79 bits per heavy atom. The van der Waals surface area contributed by atoms with Gasteiger partial charge in [0.15, 0.2) is 16.3 Å². The number of allylic oxidation sites excluding steroid dienone is 1. The lowest BCUT2D eigenvalue weighted by Gasteiger charge is -2.24. The van der Waals surface area contributed by atoms with E-state index in [9.17, 15) is 9.59 Å². The van der Waals surface area contributed by atoms with E-state index in [1.807, 2.05) is 61.5 Å². The van der Waals surface area contributed by atoms with Crippen LogP contribution in [0.4, 0.5) is 0 Å². The quantitative estimate of drug-likeness (QED) is 0.220. The number of benzene rings is 3. The molecule has 5 rings (SSSR count). The average molecular weight is 619 g/mol. The first kappa shape index (κ1) is 30.1. The van der Waals surface area contributed by atoms with Crippen LogP contribution in [0.15, 0.2) is 87.8 Å². The summed E-state index contributed by atoms with van der Waals surface area (Å²) in [6.07, 6.45) is 1.78. The number of esters is 1. The second-order valence-corrected chi connectivity index (χ2v) is 11.0. The van der Waals surface area contributed by atoms with E-state index in [1.165, 1.54) is 11.3 Å². The molecule has 0 radical (unpaired) electrons. The summed E-state index contributed by atoms with van der Waals surface area (Å²) in [6.45, 7) is 6.43. The smallest absolute Gasteiger partial charge is 0.338 e. The van der Waals surface area contributed by atoms with Gasteiger partial charge in [0.25, 0.3) is 5.56 Å².